The zero-order chi connectivity index (χ0) is 22.8. The molecule has 0 saturated heterocycles. The molecular formula is C26H35NO5. The number of carbonyl (C=O) groups is 2. The molecule has 1 aliphatic carbocycles. The van der Waals surface area contributed by atoms with E-state index < -0.39 is 0 Å². The van der Waals surface area contributed by atoms with Gasteiger partial charge in [0.25, 0.3) is 0 Å². The Bertz CT molecular complexity index is 832. The van der Waals surface area contributed by atoms with Crippen molar-refractivity contribution in [2.75, 3.05) is 6.79 Å². The molecule has 3 rings (SSSR count). The van der Waals surface area contributed by atoms with E-state index in [2.05, 4.69) is 24.3 Å². The van der Waals surface area contributed by atoms with E-state index in [4.69, 9.17) is 14.7 Å². The number of ether oxygens (including phenoxy) is 2. The number of aldehydes is 1. The van der Waals surface area contributed by atoms with Crippen LogP contribution in [-0.4, -0.2) is 24.2 Å². The number of nitrogens with one attached hydrogen (secondary N) is 1. The van der Waals surface area contributed by atoms with Crippen molar-refractivity contribution < 1.29 is 24.3 Å². The summed E-state index contributed by atoms with van der Waals surface area (Å²) < 4.78 is 11.0. The molecule has 3 unspecified atom stereocenters. The van der Waals surface area contributed by atoms with E-state index in [1.807, 2.05) is 19.1 Å². The lowest BCUT2D eigenvalue weighted by atomic mass is 9.78. The van der Waals surface area contributed by atoms with Gasteiger partial charge in [-0.25, -0.2) is 5.48 Å². The SMILES string of the molecule is CC1C=CC(CC=CCCCCCCCc2ccc(C=O)c3c2OCO3)CC1C(=O)NO. The first-order chi connectivity index (χ1) is 15.6. The number of fused-ring (bicyclic) bond motifs is 1. The van der Waals surface area contributed by atoms with Gasteiger partial charge in [0.1, 0.15) is 0 Å². The van der Waals surface area contributed by atoms with Gasteiger partial charge < -0.3 is 9.47 Å². The Balaban J connectivity index is 1.26. The fraction of sp³-hybridized carbons (Fsp3) is 0.538. The summed E-state index contributed by atoms with van der Waals surface area (Å²) in [7, 11) is 0. The highest BCUT2D eigenvalue weighted by Crippen LogP contribution is 2.39. The minimum absolute atomic E-state index is 0.147. The molecule has 2 N–H and O–H groups in total. The van der Waals surface area contributed by atoms with Gasteiger partial charge in [0.05, 0.1) is 5.56 Å². The van der Waals surface area contributed by atoms with Crippen molar-refractivity contribution in [1.29, 1.82) is 0 Å². The Morgan fingerprint density at radius 2 is 1.88 bits per heavy atom. The van der Waals surface area contributed by atoms with Gasteiger partial charge in [-0.15, -0.1) is 0 Å². The summed E-state index contributed by atoms with van der Waals surface area (Å²) in [5.41, 5.74) is 3.48. The summed E-state index contributed by atoms with van der Waals surface area (Å²) in [6.45, 7) is 2.20. The molecule has 0 radical (unpaired) electrons. The summed E-state index contributed by atoms with van der Waals surface area (Å²) in [5.74, 6) is 1.44. The van der Waals surface area contributed by atoms with Crippen LogP contribution < -0.4 is 15.0 Å². The summed E-state index contributed by atoms with van der Waals surface area (Å²) in [6.07, 6.45) is 19.2. The van der Waals surface area contributed by atoms with Crippen LogP contribution in [0.15, 0.2) is 36.4 Å². The third-order valence-corrected chi connectivity index (χ3v) is 6.51. The number of amides is 1. The molecule has 174 valence electrons. The van der Waals surface area contributed by atoms with Crippen LogP contribution in [0.5, 0.6) is 11.5 Å². The predicted octanol–water partition coefficient (Wildman–Crippen LogP) is 5.39. The molecule has 0 spiro atoms. The Hall–Kier alpha value is -2.60. The number of hydroxylamine groups is 1. The fourth-order valence-corrected chi connectivity index (χ4v) is 4.55. The van der Waals surface area contributed by atoms with Crippen LogP contribution in [-0.2, 0) is 11.2 Å². The monoisotopic (exact) mass is 441 g/mol. The lowest BCUT2D eigenvalue weighted by Crippen LogP contribution is -2.34. The maximum Gasteiger partial charge on any atom is 0.247 e. The molecule has 32 heavy (non-hydrogen) atoms. The van der Waals surface area contributed by atoms with E-state index in [-0.39, 0.29) is 24.5 Å². The van der Waals surface area contributed by atoms with Crippen LogP contribution in [0.3, 0.4) is 0 Å². The summed E-state index contributed by atoms with van der Waals surface area (Å²) >= 11 is 0. The van der Waals surface area contributed by atoms with Crippen LogP contribution >= 0.6 is 0 Å². The van der Waals surface area contributed by atoms with Crippen LogP contribution in [0.1, 0.15) is 74.2 Å². The Morgan fingerprint density at radius 1 is 1.09 bits per heavy atom. The van der Waals surface area contributed by atoms with Crippen LogP contribution in [0.25, 0.3) is 0 Å². The maximum absolute atomic E-state index is 11.8. The zero-order valence-corrected chi connectivity index (χ0v) is 18.9. The molecule has 1 heterocycles. The Kier molecular flexibility index (Phi) is 9.35. The van der Waals surface area contributed by atoms with E-state index >= 15 is 0 Å². The van der Waals surface area contributed by atoms with E-state index in [1.54, 1.807) is 5.48 Å². The molecule has 6 nitrogen and oxygen atoms in total. The van der Waals surface area contributed by atoms with Crippen molar-refractivity contribution in [2.45, 2.75) is 64.7 Å². The van der Waals surface area contributed by atoms with Gasteiger partial charge in [0.15, 0.2) is 17.8 Å². The second-order valence-electron chi connectivity index (χ2n) is 8.83. The maximum atomic E-state index is 11.8. The molecule has 1 aromatic carbocycles. The standard InChI is InChI=1S/C26H35NO5/c1-19-12-13-20(16-23(19)26(29)27-30)10-8-6-4-2-3-5-7-9-11-21-14-15-22(17-28)25-24(21)31-18-32-25/h6,8,12-15,17,19-20,23,30H,2-5,7,9-11,16,18H2,1H3,(H,27,29). The highest BCUT2D eigenvalue weighted by Gasteiger charge is 2.28. The minimum atomic E-state index is -0.279. The van der Waals surface area contributed by atoms with Crippen molar-refractivity contribution in [3.63, 3.8) is 0 Å². The van der Waals surface area contributed by atoms with Crippen LogP contribution in [0.4, 0.5) is 0 Å². The molecule has 3 atom stereocenters. The minimum Gasteiger partial charge on any atom is -0.453 e. The first-order valence-electron chi connectivity index (χ1n) is 11.8. The van der Waals surface area contributed by atoms with Gasteiger partial charge in [0.2, 0.25) is 12.7 Å². The van der Waals surface area contributed by atoms with Gasteiger partial charge in [-0.3, -0.25) is 14.8 Å². The van der Waals surface area contributed by atoms with Crippen molar-refractivity contribution >= 4 is 12.2 Å². The van der Waals surface area contributed by atoms with E-state index in [1.165, 1.54) is 25.7 Å². The second kappa shape index (κ2) is 12.4. The zero-order valence-electron chi connectivity index (χ0n) is 18.9. The van der Waals surface area contributed by atoms with Crippen molar-refractivity contribution in [2.24, 2.45) is 17.8 Å². The van der Waals surface area contributed by atoms with Gasteiger partial charge in [-0.05, 0) is 62.0 Å². The first kappa shape index (κ1) is 24.1. The van der Waals surface area contributed by atoms with Crippen LogP contribution in [0.2, 0.25) is 0 Å². The quantitative estimate of drug-likeness (QED) is 0.149. The number of unbranched alkanes of at least 4 members (excludes halogenated alkanes) is 5. The number of rotatable bonds is 12. The predicted molar refractivity (Wildman–Crippen MR) is 123 cm³/mol. The second-order valence-corrected chi connectivity index (χ2v) is 8.83. The van der Waals surface area contributed by atoms with Crippen molar-refractivity contribution in [1.82, 2.24) is 5.48 Å². The number of allylic oxidation sites excluding steroid dienone is 4. The Morgan fingerprint density at radius 3 is 2.69 bits per heavy atom. The van der Waals surface area contributed by atoms with Crippen LogP contribution in [0, 0.1) is 17.8 Å². The van der Waals surface area contributed by atoms with Gasteiger partial charge in [0, 0.05) is 5.92 Å². The summed E-state index contributed by atoms with van der Waals surface area (Å²) in [5, 5.41) is 8.90. The van der Waals surface area contributed by atoms with Gasteiger partial charge >= 0.3 is 0 Å². The van der Waals surface area contributed by atoms with Crippen molar-refractivity contribution in [3.05, 3.63) is 47.6 Å². The molecule has 0 saturated carbocycles. The third-order valence-electron chi connectivity index (χ3n) is 6.51. The number of carbonyl (C=O) groups excluding carboxylic acids is 2. The highest BCUT2D eigenvalue weighted by molar-refractivity contribution is 5.82. The Labute approximate surface area is 190 Å². The number of aryl methyl sites for hydroxylation is 1. The largest absolute Gasteiger partial charge is 0.453 e. The normalized spacial score (nSPS) is 21.8. The lowest BCUT2D eigenvalue weighted by Gasteiger charge is -2.27. The lowest BCUT2D eigenvalue weighted by molar-refractivity contribution is -0.135. The van der Waals surface area contributed by atoms with E-state index in [9.17, 15) is 9.59 Å². The van der Waals surface area contributed by atoms with Gasteiger partial charge in [-0.1, -0.05) is 56.6 Å². The molecule has 1 aromatic rings. The molecular weight excluding hydrogens is 406 g/mol. The average molecular weight is 442 g/mol. The highest BCUT2D eigenvalue weighted by atomic mass is 16.7. The van der Waals surface area contributed by atoms with E-state index in [0.29, 0.717) is 17.2 Å². The molecule has 0 bridgehead atoms. The molecule has 6 heteroatoms. The number of hydrogen-bond donors (Lipinski definition) is 2. The smallest absolute Gasteiger partial charge is 0.247 e. The van der Waals surface area contributed by atoms with E-state index in [0.717, 1.165) is 49.7 Å². The summed E-state index contributed by atoms with van der Waals surface area (Å²) in [4.78, 5) is 22.8. The summed E-state index contributed by atoms with van der Waals surface area (Å²) in [6, 6.07) is 3.79. The molecule has 1 amide bonds. The fourth-order valence-electron chi connectivity index (χ4n) is 4.55. The topological polar surface area (TPSA) is 84.9 Å². The third kappa shape index (κ3) is 6.45. The number of benzene rings is 1. The molecule has 1 aliphatic heterocycles. The molecule has 0 fully saturated rings. The van der Waals surface area contributed by atoms with Gasteiger partial charge in [-0.2, -0.15) is 0 Å². The first-order valence-corrected chi connectivity index (χ1v) is 11.8. The molecule has 2 aliphatic rings. The molecule has 0 aromatic heterocycles. The van der Waals surface area contributed by atoms with Crippen molar-refractivity contribution in [3.8, 4) is 11.5 Å². The average Bonchev–Trinajstić information content (AvgIpc) is 3.31. The number of hydrogen-bond acceptors (Lipinski definition) is 5.